The summed E-state index contributed by atoms with van der Waals surface area (Å²) in [6.45, 7) is 1.94. The average Bonchev–Trinajstić information content (AvgIpc) is 1.87. The lowest BCUT2D eigenvalue weighted by Gasteiger charge is -2.14. The van der Waals surface area contributed by atoms with Crippen molar-refractivity contribution < 1.29 is 9.90 Å². The van der Waals surface area contributed by atoms with Crippen molar-refractivity contribution in [2.75, 3.05) is 14.1 Å². The summed E-state index contributed by atoms with van der Waals surface area (Å²) in [7, 11) is 3.28. The zero-order valence-electron chi connectivity index (χ0n) is 6.79. The predicted octanol–water partition coefficient (Wildman–Crippen LogP) is 0.236. The van der Waals surface area contributed by atoms with Gasteiger partial charge in [-0.15, -0.1) is 0 Å². The molecule has 0 spiro atoms. The van der Waals surface area contributed by atoms with Gasteiger partial charge in [0.2, 0.25) is 0 Å². The highest BCUT2D eigenvalue weighted by atomic mass is 16.3. The van der Waals surface area contributed by atoms with E-state index in [1.807, 2.05) is 6.92 Å². The molecule has 3 nitrogen and oxygen atoms in total. The van der Waals surface area contributed by atoms with Gasteiger partial charge in [-0.05, 0) is 6.42 Å². The Kier molecular flexibility index (Phi) is 4.03. The quantitative estimate of drug-likeness (QED) is 0.617. The van der Waals surface area contributed by atoms with Crippen molar-refractivity contribution in [1.29, 1.82) is 0 Å². The Bertz CT molecular complexity index is 112. The molecule has 0 aliphatic heterocycles. The maximum Gasteiger partial charge on any atom is 0.250 e. The third-order valence-corrected chi connectivity index (χ3v) is 1.29. The molecule has 0 saturated heterocycles. The molecule has 0 aromatic heterocycles. The summed E-state index contributed by atoms with van der Waals surface area (Å²) in [5, 5.41) is 9.10. The topological polar surface area (TPSA) is 40.5 Å². The number of hydrogen-bond donors (Lipinski definition) is 1. The molecular weight excluding hydrogens is 130 g/mol. The van der Waals surface area contributed by atoms with Crippen LogP contribution in [0.3, 0.4) is 0 Å². The summed E-state index contributed by atoms with van der Waals surface area (Å²) in [6, 6.07) is 0. The van der Waals surface area contributed by atoms with E-state index in [0.717, 1.165) is 6.42 Å². The molecule has 0 unspecified atom stereocenters. The van der Waals surface area contributed by atoms with E-state index in [1.54, 1.807) is 14.1 Å². The summed E-state index contributed by atoms with van der Waals surface area (Å²) >= 11 is 0. The molecule has 3 heteroatoms. The summed E-state index contributed by atoms with van der Waals surface area (Å²) in [4.78, 5) is 12.3. The molecule has 0 aromatic rings. The lowest BCUT2D eigenvalue weighted by molar-refractivity contribution is -0.137. The van der Waals surface area contributed by atoms with Gasteiger partial charge in [0.15, 0.2) is 0 Å². The SMILES string of the molecule is CCC[C@@H](O)C(=O)N(C)C. The maximum atomic E-state index is 10.9. The minimum atomic E-state index is -0.806. The Morgan fingerprint density at radius 2 is 2.10 bits per heavy atom. The first kappa shape index (κ1) is 9.43. The van der Waals surface area contributed by atoms with E-state index in [-0.39, 0.29) is 5.91 Å². The van der Waals surface area contributed by atoms with Gasteiger partial charge in [-0.25, -0.2) is 0 Å². The lowest BCUT2D eigenvalue weighted by Crippen LogP contribution is -2.33. The molecule has 1 atom stereocenters. The molecule has 1 N–H and O–H groups in total. The zero-order valence-corrected chi connectivity index (χ0v) is 6.79. The second-order valence-electron chi connectivity index (χ2n) is 2.54. The van der Waals surface area contributed by atoms with E-state index >= 15 is 0 Å². The van der Waals surface area contributed by atoms with Crippen LogP contribution in [0.15, 0.2) is 0 Å². The van der Waals surface area contributed by atoms with Gasteiger partial charge in [-0.2, -0.15) is 0 Å². The molecule has 0 aliphatic rings. The zero-order chi connectivity index (χ0) is 8.15. The number of aliphatic hydroxyl groups excluding tert-OH is 1. The number of amides is 1. The molecule has 60 valence electrons. The van der Waals surface area contributed by atoms with Gasteiger partial charge in [0.1, 0.15) is 6.10 Å². The van der Waals surface area contributed by atoms with Crippen molar-refractivity contribution in [3.63, 3.8) is 0 Å². The third kappa shape index (κ3) is 2.82. The first-order valence-electron chi connectivity index (χ1n) is 3.48. The summed E-state index contributed by atoms with van der Waals surface area (Å²) in [5.41, 5.74) is 0. The van der Waals surface area contributed by atoms with Crippen LogP contribution in [-0.4, -0.2) is 36.1 Å². The van der Waals surface area contributed by atoms with E-state index in [4.69, 9.17) is 5.11 Å². The van der Waals surface area contributed by atoms with Crippen LogP contribution < -0.4 is 0 Å². The van der Waals surface area contributed by atoms with E-state index < -0.39 is 6.10 Å². The monoisotopic (exact) mass is 145 g/mol. The molecule has 0 fully saturated rings. The van der Waals surface area contributed by atoms with Crippen molar-refractivity contribution in [2.24, 2.45) is 0 Å². The van der Waals surface area contributed by atoms with Crippen molar-refractivity contribution in [1.82, 2.24) is 4.90 Å². The summed E-state index contributed by atoms with van der Waals surface area (Å²) in [6.07, 6.45) is 0.581. The van der Waals surface area contributed by atoms with Crippen molar-refractivity contribution in [2.45, 2.75) is 25.9 Å². The van der Waals surface area contributed by atoms with Crippen LogP contribution >= 0.6 is 0 Å². The molecule has 0 saturated carbocycles. The molecule has 0 rings (SSSR count). The number of nitrogens with zero attached hydrogens (tertiary/aromatic N) is 1. The molecule has 0 bridgehead atoms. The number of rotatable bonds is 3. The van der Waals surface area contributed by atoms with Crippen molar-refractivity contribution >= 4 is 5.91 Å². The van der Waals surface area contributed by atoms with E-state index in [9.17, 15) is 4.79 Å². The van der Waals surface area contributed by atoms with E-state index in [2.05, 4.69) is 0 Å². The molecule has 0 radical (unpaired) electrons. The van der Waals surface area contributed by atoms with Crippen molar-refractivity contribution in [3.05, 3.63) is 0 Å². The fraction of sp³-hybridized carbons (Fsp3) is 0.857. The van der Waals surface area contributed by atoms with Gasteiger partial charge in [0, 0.05) is 14.1 Å². The van der Waals surface area contributed by atoms with Crippen LogP contribution in [0.4, 0.5) is 0 Å². The van der Waals surface area contributed by atoms with Crippen molar-refractivity contribution in [3.8, 4) is 0 Å². The highest BCUT2D eigenvalue weighted by Gasteiger charge is 2.14. The smallest absolute Gasteiger partial charge is 0.250 e. The van der Waals surface area contributed by atoms with Gasteiger partial charge in [0.25, 0.3) is 5.91 Å². The van der Waals surface area contributed by atoms with Gasteiger partial charge in [0.05, 0.1) is 0 Å². The lowest BCUT2D eigenvalue weighted by atomic mass is 10.2. The van der Waals surface area contributed by atoms with Crippen LogP contribution in [0, 0.1) is 0 Å². The molecule has 10 heavy (non-hydrogen) atoms. The highest BCUT2D eigenvalue weighted by molar-refractivity contribution is 5.79. The Labute approximate surface area is 61.6 Å². The molecule has 0 aromatic carbocycles. The number of hydrogen-bond acceptors (Lipinski definition) is 2. The average molecular weight is 145 g/mol. The Morgan fingerprint density at radius 3 is 2.40 bits per heavy atom. The van der Waals surface area contributed by atoms with Crippen LogP contribution in [0.5, 0.6) is 0 Å². The normalized spacial score (nSPS) is 12.8. The van der Waals surface area contributed by atoms with E-state index in [1.165, 1.54) is 4.90 Å². The van der Waals surface area contributed by atoms with Gasteiger partial charge < -0.3 is 10.0 Å². The second kappa shape index (κ2) is 4.28. The molecular formula is C7H15NO2. The Hall–Kier alpha value is -0.570. The minimum absolute atomic E-state index is 0.207. The third-order valence-electron chi connectivity index (χ3n) is 1.29. The van der Waals surface area contributed by atoms with Gasteiger partial charge >= 0.3 is 0 Å². The first-order valence-corrected chi connectivity index (χ1v) is 3.48. The van der Waals surface area contributed by atoms with Crippen LogP contribution in [-0.2, 0) is 4.79 Å². The fourth-order valence-corrected chi connectivity index (χ4v) is 0.695. The Morgan fingerprint density at radius 1 is 1.60 bits per heavy atom. The predicted molar refractivity (Wildman–Crippen MR) is 39.6 cm³/mol. The number of carbonyl (C=O) groups excluding carboxylic acids is 1. The molecule has 0 heterocycles. The number of likely N-dealkylation sites (N-methyl/N-ethyl adjacent to an activating group) is 1. The molecule has 0 aliphatic carbocycles. The minimum Gasteiger partial charge on any atom is -0.383 e. The highest BCUT2D eigenvalue weighted by Crippen LogP contribution is 1.98. The largest absolute Gasteiger partial charge is 0.383 e. The number of carbonyl (C=O) groups is 1. The maximum absolute atomic E-state index is 10.9. The van der Waals surface area contributed by atoms with E-state index in [0.29, 0.717) is 6.42 Å². The fourth-order valence-electron chi connectivity index (χ4n) is 0.695. The number of aliphatic hydroxyl groups is 1. The van der Waals surface area contributed by atoms with Crippen LogP contribution in [0.1, 0.15) is 19.8 Å². The summed E-state index contributed by atoms with van der Waals surface area (Å²) in [5.74, 6) is -0.207. The Balaban J connectivity index is 3.71. The van der Waals surface area contributed by atoms with Crippen LogP contribution in [0.25, 0.3) is 0 Å². The summed E-state index contributed by atoms with van der Waals surface area (Å²) < 4.78 is 0. The van der Waals surface area contributed by atoms with Gasteiger partial charge in [-0.3, -0.25) is 4.79 Å². The standard InChI is InChI=1S/C7H15NO2/c1-4-5-6(9)7(10)8(2)3/h6,9H,4-5H2,1-3H3/t6-/m1/s1. The van der Waals surface area contributed by atoms with Gasteiger partial charge in [-0.1, -0.05) is 13.3 Å². The first-order chi connectivity index (χ1) is 4.59. The molecule has 1 amide bonds. The second-order valence-corrected chi connectivity index (χ2v) is 2.54. The van der Waals surface area contributed by atoms with Crippen LogP contribution in [0.2, 0.25) is 0 Å².